The molecular weight excluding hydrogens is 326 g/mol. The van der Waals surface area contributed by atoms with Crippen LogP contribution >= 0.6 is 0 Å². The van der Waals surface area contributed by atoms with Gasteiger partial charge < -0.3 is 9.64 Å². The molecule has 0 unspecified atom stereocenters. The first-order valence-corrected chi connectivity index (χ1v) is 7.25. The van der Waals surface area contributed by atoms with E-state index in [1.807, 2.05) is 0 Å². The molecule has 0 fully saturated rings. The number of anilines is 2. The first kappa shape index (κ1) is 18.0. The average Bonchev–Trinajstić information content (AvgIpc) is 2.51. The molecule has 8 heteroatoms. The van der Waals surface area contributed by atoms with Crippen molar-refractivity contribution in [1.29, 1.82) is 0 Å². The fraction of sp³-hybridized carbons (Fsp3) is 0.375. The third-order valence-corrected chi connectivity index (χ3v) is 3.11. The van der Waals surface area contributed by atoms with Crippen molar-refractivity contribution in [2.45, 2.75) is 20.0 Å². The Labute approximate surface area is 137 Å². The van der Waals surface area contributed by atoms with Crippen molar-refractivity contribution in [2.24, 2.45) is 5.92 Å². The molecule has 0 aliphatic carbocycles. The number of para-hydroxylation sites is 1. The fourth-order valence-electron chi connectivity index (χ4n) is 1.90. The number of benzene rings is 1. The van der Waals surface area contributed by atoms with Crippen molar-refractivity contribution in [3.63, 3.8) is 0 Å². The van der Waals surface area contributed by atoms with Crippen molar-refractivity contribution in [3.05, 3.63) is 41.8 Å². The zero-order valence-electron chi connectivity index (χ0n) is 13.4. The maximum atomic E-state index is 13.8. The van der Waals surface area contributed by atoms with E-state index in [4.69, 9.17) is 4.74 Å². The first-order valence-electron chi connectivity index (χ1n) is 7.25. The number of rotatable bonds is 5. The Morgan fingerprint density at radius 1 is 1.21 bits per heavy atom. The highest BCUT2D eigenvalue weighted by Gasteiger charge is 2.36. The van der Waals surface area contributed by atoms with Gasteiger partial charge >= 0.3 is 6.18 Å². The number of alkyl halides is 3. The van der Waals surface area contributed by atoms with Gasteiger partial charge in [-0.05, 0) is 18.1 Å². The Kier molecular flexibility index (Phi) is 5.26. The van der Waals surface area contributed by atoms with Crippen LogP contribution < -0.4 is 9.64 Å². The van der Waals surface area contributed by atoms with Crippen molar-refractivity contribution >= 4 is 11.6 Å². The van der Waals surface area contributed by atoms with Crippen molar-refractivity contribution < 1.29 is 22.3 Å². The molecule has 1 aromatic heterocycles. The molecule has 0 N–H and O–H groups in total. The SMILES string of the molecule is CC(C)COc1nc(N(C)c2ccccc2F)ncc1C(F)(F)F. The van der Waals surface area contributed by atoms with Crippen LogP contribution in [-0.2, 0) is 6.18 Å². The Morgan fingerprint density at radius 3 is 2.46 bits per heavy atom. The predicted octanol–water partition coefficient (Wildman–Crippen LogP) is 4.44. The standard InChI is InChI=1S/C16H17F4N3O/c1-10(2)9-24-14-11(16(18,19)20)8-21-15(22-14)23(3)13-7-5-4-6-12(13)17/h4-8,10H,9H2,1-3H3. The molecule has 0 aliphatic rings. The van der Waals surface area contributed by atoms with Gasteiger partial charge in [0.1, 0.15) is 11.4 Å². The van der Waals surface area contributed by atoms with E-state index in [2.05, 4.69) is 9.97 Å². The van der Waals surface area contributed by atoms with E-state index < -0.39 is 23.4 Å². The minimum atomic E-state index is -4.64. The summed E-state index contributed by atoms with van der Waals surface area (Å²) in [6, 6.07) is 5.84. The molecule has 0 saturated heterocycles. The van der Waals surface area contributed by atoms with Crippen LogP contribution in [0, 0.1) is 11.7 Å². The molecule has 0 atom stereocenters. The second kappa shape index (κ2) is 7.02. The molecule has 0 amide bonds. The van der Waals surface area contributed by atoms with Crippen LogP contribution in [0.2, 0.25) is 0 Å². The van der Waals surface area contributed by atoms with E-state index in [0.717, 1.165) is 0 Å². The van der Waals surface area contributed by atoms with Crippen molar-refractivity contribution in [3.8, 4) is 5.88 Å². The Bertz CT molecular complexity index is 704. The largest absolute Gasteiger partial charge is 0.477 e. The lowest BCUT2D eigenvalue weighted by molar-refractivity contribution is -0.139. The predicted molar refractivity (Wildman–Crippen MR) is 81.8 cm³/mol. The van der Waals surface area contributed by atoms with Crippen LogP contribution in [0.1, 0.15) is 19.4 Å². The highest BCUT2D eigenvalue weighted by Crippen LogP contribution is 2.36. The topological polar surface area (TPSA) is 38.2 Å². The van der Waals surface area contributed by atoms with Crippen molar-refractivity contribution in [2.75, 3.05) is 18.6 Å². The zero-order chi connectivity index (χ0) is 17.9. The average molecular weight is 343 g/mol. The minimum Gasteiger partial charge on any atom is -0.477 e. The number of hydrogen-bond donors (Lipinski definition) is 0. The maximum absolute atomic E-state index is 13.8. The third kappa shape index (κ3) is 4.12. The lowest BCUT2D eigenvalue weighted by Crippen LogP contribution is -2.18. The summed E-state index contributed by atoms with van der Waals surface area (Å²) >= 11 is 0. The van der Waals surface area contributed by atoms with Gasteiger partial charge in [-0.1, -0.05) is 26.0 Å². The number of aromatic nitrogens is 2. The highest BCUT2D eigenvalue weighted by atomic mass is 19.4. The lowest BCUT2D eigenvalue weighted by atomic mass is 10.2. The van der Waals surface area contributed by atoms with E-state index in [1.54, 1.807) is 19.9 Å². The second-order valence-electron chi connectivity index (χ2n) is 5.60. The van der Waals surface area contributed by atoms with Gasteiger partial charge in [0.05, 0.1) is 12.3 Å². The molecule has 130 valence electrons. The van der Waals surface area contributed by atoms with Gasteiger partial charge in [0, 0.05) is 13.2 Å². The van der Waals surface area contributed by atoms with E-state index in [0.29, 0.717) is 6.20 Å². The van der Waals surface area contributed by atoms with E-state index in [-0.39, 0.29) is 24.2 Å². The summed E-state index contributed by atoms with van der Waals surface area (Å²) in [6.45, 7) is 3.69. The molecule has 0 saturated carbocycles. The summed E-state index contributed by atoms with van der Waals surface area (Å²) in [5.74, 6) is -1.17. The smallest absolute Gasteiger partial charge is 0.423 e. The van der Waals surface area contributed by atoms with Gasteiger partial charge in [0.25, 0.3) is 0 Å². The molecular formula is C16H17F4N3O. The third-order valence-electron chi connectivity index (χ3n) is 3.11. The second-order valence-corrected chi connectivity index (χ2v) is 5.60. The summed E-state index contributed by atoms with van der Waals surface area (Å²) in [5, 5.41) is 0. The molecule has 0 bridgehead atoms. The van der Waals surface area contributed by atoms with Gasteiger partial charge in [-0.15, -0.1) is 0 Å². The maximum Gasteiger partial charge on any atom is 0.423 e. The number of halogens is 4. The highest BCUT2D eigenvalue weighted by molar-refractivity contribution is 5.57. The van der Waals surface area contributed by atoms with E-state index >= 15 is 0 Å². The molecule has 2 rings (SSSR count). The van der Waals surface area contributed by atoms with Crippen LogP contribution in [0.25, 0.3) is 0 Å². The monoisotopic (exact) mass is 343 g/mol. The van der Waals surface area contributed by atoms with Gasteiger partial charge in [-0.2, -0.15) is 18.2 Å². The summed E-state index contributed by atoms with van der Waals surface area (Å²) in [6.07, 6.45) is -3.99. The normalized spacial score (nSPS) is 11.7. The molecule has 24 heavy (non-hydrogen) atoms. The Balaban J connectivity index is 2.41. The molecule has 0 aliphatic heterocycles. The minimum absolute atomic E-state index is 0.0220. The molecule has 2 aromatic rings. The zero-order valence-corrected chi connectivity index (χ0v) is 13.4. The van der Waals surface area contributed by atoms with E-state index in [1.165, 1.54) is 30.1 Å². The molecule has 0 radical (unpaired) electrons. The number of hydrogen-bond acceptors (Lipinski definition) is 4. The summed E-state index contributed by atoms with van der Waals surface area (Å²) in [5.41, 5.74) is -0.916. The van der Waals surface area contributed by atoms with Crippen LogP contribution in [-0.4, -0.2) is 23.6 Å². The number of nitrogens with zero attached hydrogens (tertiary/aromatic N) is 3. The first-order chi connectivity index (χ1) is 11.2. The van der Waals surface area contributed by atoms with Crippen LogP contribution in [0.4, 0.5) is 29.2 Å². The van der Waals surface area contributed by atoms with E-state index in [9.17, 15) is 17.6 Å². The summed E-state index contributed by atoms with van der Waals surface area (Å²) in [4.78, 5) is 8.79. The van der Waals surface area contributed by atoms with Crippen LogP contribution in [0.15, 0.2) is 30.5 Å². The molecule has 1 aromatic carbocycles. The molecule has 4 nitrogen and oxygen atoms in total. The summed E-state index contributed by atoms with van der Waals surface area (Å²) < 4.78 is 58.2. The Morgan fingerprint density at radius 2 is 1.88 bits per heavy atom. The number of ether oxygens (including phenoxy) is 1. The summed E-state index contributed by atoms with van der Waals surface area (Å²) in [7, 11) is 1.47. The molecule has 0 spiro atoms. The van der Waals surface area contributed by atoms with Crippen LogP contribution in [0.5, 0.6) is 5.88 Å². The lowest BCUT2D eigenvalue weighted by Gasteiger charge is -2.20. The quantitative estimate of drug-likeness (QED) is 0.753. The van der Waals surface area contributed by atoms with Gasteiger partial charge in [0.2, 0.25) is 11.8 Å². The molecule has 1 heterocycles. The van der Waals surface area contributed by atoms with Crippen LogP contribution in [0.3, 0.4) is 0 Å². The van der Waals surface area contributed by atoms with Gasteiger partial charge in [-0.3, -0.25) is 0 Å². The van der Waals surface area contributed by atoms with Gasteiger partial charge in [-0.25, -0.2) is 9.37 Å². The Hall–Kier alpha value is -2.38. The van der Waals surface area contributed by atoms with Gasteiger partial charge in [0.15, 0.2) is 0 Å². The van der Waals surface area contributed by atoms with Crippen molar-refractivity contribution in [1.82, 2.24) is 9.97 Å². The fourth-order valence-corrected chi connectivity index (χ4v) is 1.90.